The van der Waals surface area contributed by atoms with Crippen LogP contribution in [0, 0.1) is 17.8 Å². The average molecular weight is 286 g/mol. The van der Waals surface area contributed by atoms with Gasteiger partial charge in [-0.3, -0.25) is 0 Å². The Morgan fingerprint density at radius 1 is 1.10 bits per heavy atom. The van der Waals surface area contributed by atoms with E-state index in [1.807, 2.05) is 0 Å². The smallest absolute Gasteiger partial charge is 0.0138 e. The topological polar surface area (TPSA) is 29.3 Å². The second kappa shape index (κ2) is 6.50. The van der Waals surface area contributed by atoms with Gasteiger partial charge in [0.05, 0.1) is 0 Å². The molecule has 5 unspecified atom stereocenters. The monoisotopic (exact) mass is 286 g/mol. The van der Waals surface area contributed by atoms with Crippen LogP contribution in [0.1, 0.15) is 44.1 Å². The summed E-state index contributed by atoms with van der Waals surface area (Å²) in [6, 6.07) is 11.7. The largest absolute Gasteiger partial charge is 0.330 e. The highest BCUT2D eigenvalue weighted by molar-refractivity contribution is 5.20. The first-order chi connectivity index (χ1) is 10.2. The number of nitrogens with zero attached hydrogens (tertiary/aromatic N) is 1. The van der Waals surface area contributed by atoms with Crippen molar-refractivity contribution in [2.45, 2.75) is 44.6 Å². The van der Waals surface area contributed by atoms with Crippen LogP contribution in [0.25, 0.3) is 0 Å². The molecule has 5 atom stereocenters. The van der Waals surface area contributed by atoms with Crippen LogP contribution in [0.5, 0.6) is 0 Å². The van der Waals surface area contributed by atoms with Crippen LogP contribution in [0.15, 0.2) is 30.3 Å². The fourth-order valence-electron chi connectivity index (χ4n) is 4.21. The van der Waals surface area contributed by atoms with Gasteiger partial charge in [-0.2, -0.15) is 0 Å². The Kier molecular flexibility index (Phi) is 4.66. The van der Waals surface area contributed by atoms with E-state index in [2.05, 4.69) is 49.2 Å². The molecule has 0 bridgehead atoms. The van der Waals surface area contributed by atoms with Gasteiger partial charge in [0.15, 0.2) is 0 Å². The molecule has 2 aliphatic rings. The molecule has 0 heterocycles. The Labute approximate surface area is 129 Å². The van der Waals surface area contributed by atoms with E-state index in [9.17, 15) is 0 Å². The summed E-state index contributed by atoms with van der Waals surface area (Å²) in [5, 5.41) is 0. The van der Waals surface area contributed by atoms with Gasteiger partial charge in [0, 0.05) is 12.6 Å². The lowest BCUT2D eigenvalue weighted by atomic mass is 9.75. The van der Waals surface area contributed by atoms with E-state index in [0.29, 0.717) is 12.0 Å². The van der Waals surface area contributed by atoms with Gasteiger partial charge in [-0.15, -0.1) is 0 Å². The van der Waals surface area contributed by atoms with Crippen molar-refractivity contribution >= 4 is 0 Å². The van der Waals surface area contributed by atoms with Crippen molar-refractivity contribution in [1.29, 1.82) is 0 Å². The van der Waals surface area contributed by atoms with E-state index in [0.717, 1.165) is 24.3 Å². The summed E-state index contributed by atoms with van der Waals surface area (Å²) in [6.45, 7) is 4.49. The van der Waals surface area contributed by atoms with Gasteiger partial charge in [0.25, 0.3) is 0 Å². The molecule has 0 spiro atoms. The molecule has 2 fully saturated rings. The van der Waals surface area contributed by atoms with Crippen LogP contribution < -0.4 is 5.73 Å². The molecule has 2 N–H and O–H groups in total. The number of hydrogen-bond acceptors (Lipinski definition) is 2. The second-order valence-electron chi connectivity index (χ2n) is 7.40. The highest BCUT2D eigenvalue weighted by Crippen LogP contribution is 2.41. The van der Waals surface area contributed by atoms with Gasteiger partial charge >= 0.3 is 0 Å². The molecule has 0 radical (unpaired) electrons. The Hall–Kier alpha value is -0.860. The molecular formula is C19H30N2. The molecule has 21 heavy (non-hydrogen) atoms. The average Bonchev–Trinajstić information content (AvgIpc) is 3.22. The molecule has 0 aliphatic heterocycles. The third-order valence-electron chi connectivity index (χ3n) is 5.89. The first-order valence-electron chi connectivity index (χ1n) is 8.64. The summed E-state index contributed by atoms with van der Waals surface area (Å²) in [5.74, 6) is 3.28. The lowest BCUT2D eigenvalue weighted by Gasteiger charge is -2.41. The van der Waals surface area contributed by atoms with Crippen LogP contribution in [0.3, 0.4) is 0 Å². The molecule has 2 heteroatoms. The van der Waals surface area contributed by atoms with Crippen LogP contribution in [0.2, 0.25) is 0 Å². The zero-order valence-electron chi connectivity index (χ0n) is 13.5. The molecule has 1 aromatic carbocycles. The highest BCUT2D eigenvalue weighted by atomic mass is 15.1. The third-order valence-corrected chi connectivity index (χ3v) is 5.89. The molecule has 2 saturated carbocycles. The Morgan fingerprint density at radius 3 is 2.43 bits per heavy atom. The fraction of sp³-hybridized carbons (Fsp3) is 0.684. The fourth-order valence-corrected chi connectivity index (χ4v) is 4.21. The number of hydrogen-bond donors (Lipinski definition) is 1. The molecule has 0 amide bonds. The second-order valence-corrected chi connectivity index (χ2v) is 7.40. The van der Waals surface area contributed by atoms with Crippen molar-refractivity contribution in [3.8, 4) is 0 Å². The van der Waals surface area contributed by atoms with E-state index < -0.39 is 0 Å². The van der Waals surface area contributed by atoms with Crippen LogP contribution in [-0.2, 0) is 0 Å². The molecule has 3 rings (SSSR count). The summed E-state index contributed by atoms with van der Waals surface area (Å²) >= 11 is 0. The predicted molar refractivity (Wildman–Crippen MR) is 89.3 cm³/mol. The molecule has 0 saturated heterocycles. The van der Waals surface area contributed by atoms with E-state index in [-0.39, 0.29) is 0 Å². The number of benzene rings is 1. The van der Waals surface area contributed by atoms with E-state index >= 15 is 0 Å². The molecule has 2 aliphatic carbocycles. The minimum absolute atomic E-state index is 0.668. The van der Waals surface area contributed by atoms with E-state index in [1.165, 1.54) is 37.8 Å². The zero-order valence-corrected chi connectivity index (χ0v) is 13.5. The molecular weight excluding hydrogens is 256 g/mol. The first-order valence-corrected chi connectivity index (χ1v) is 8.64. The Morgan fingerprint density at radius 2 is 1.81 bits per heavy atom. The minimum Gasteiger partial charge on any atom is -0.330 e. The number of nitrogens with two attached hydrogens (primary N) is 1. The zero-order chi connectivity index (χ0) is 14.8. The maximum Gasteiger partial charge on any atom is 0.0138 e. The maximum absolute atomic E-state index is 6.06. The van der Waals surface area contributed by atoms with Crippen molar-refractivity contribution in [2.75, 3.05) is 20.1 Å². The summed E-state index contributed by atoms with van der Waals surface area (Å²) in [4.78, 5) is 2.63. The van der Waals surface area contributed by atoms with Crippen molar-refractivity contribution in [1.82, 2.24) is 4.90 Å². The van der Waals surface area contributed by atoms with Gasteiger partial charge in [-0.1, -0.05) is 37.3 Å². The van der Waals surface area contributed by atoms with Crippen molar-refractivity contribution in [3.63, 3.8) is 0 Å². The Balaban J connectivity index is 1.66. The lowest BCUT2D eigenvalue weighted by molar-refractivity contribution is 0.117. The lowest BCUT2D eigenvalue weighted by Crippen LogP contribution is -2.45. The van der Waals surface area contributed by atoms with Crippen molar-refractivity contribution in [3.05, 3.63) is 35.9 Å². The van der Waals surface area contributed by atoms with Gasteiger partial charge in [-0.05, 0) is 68.5 Å². The van der Waals surface area contributed by atoms with Gasteiger partial charge in [-0.25, -0.2) is 0 Å². The van der Waals surface area contributed by atoms with Gasteiger partial charge in [0.1, 0.15) is 0 Å². The van der Waals surface area contributed by atoms with Crippen LogP contribution in [0.4, 0.5) is 0 Å². The quantitative estimate of drug-likeness (QED) is 0.898. The van der Waals surface area contributed by atoms with Crippen LogP contribution in [-0.4, -0.2) is 31.1 Å². The summed E-state index contributed by atoms with van der Waals surface area (Å²) in [6.07, 6.45) is 5.29. The Bertz CT molecular complexity index is 444. The van der Waals surface area contributed by atoms with Gasteiger partial charge in [0.2, 0.25) is 0 Å². The predicted octanol–water partition coefficient (Wildman–Crippen LogP) is 3.49. The van der Waals surface area contributed by atoms with Crippen molar-refractivity contribution < 1.29 is 0 Å². The van der Waals surface area contributed by atoms with Crippen molar-refractivity contribution in [2.24, 2.45) is 23.5 Å². The first kappa shape index (κ1) is 15.1. The SMILES string of the molecule is CC1CC1CN(C)C1CC(c2ccccc2)CCC1CN. The minimum atomic E-state index is 0.668. The molecule has 2 nitrogen and oxygen atoms in total. The van der Waals surface area contributed by atoms with Crippen LogP contribution >= 0.6 is 0 Å². The summed E-state index contributed by atoms with van der Waals surface area (Å²) < 4.78 is 0. The molecule has 116 valence electrons. The van der Waals surface area contributed by atoms with E-state index in [1.54, 1.807) is 0 Å². The standard InChI is InChI=1S/C19H30N2/c1-14-10-18(14)13-21(2)19-11-16(8-9-17(19)12-20)15-6-4-3-5-7-15/h3-7,14,16-19H,8-13,20H2,1-2H3. The van der Waals surface area contributed by atoms with Gasteiger partial charge < -0.3 is 10.6 Å². The summed E-state index contributed by atoms with van der Waals surface area (Å²) in [5.41, 5.74) is 7.58. The third kappa shape index (κ3) is 3.49. The summed E-state index contributed by atoms with van der Waals surface area (Å²) in [7, 11) is 2.33. The number of rotatable bonds is 5. The molecule has 1 aromatic rings. The maximum atomic E-state index is 6.06. The molecule has 0 aromatic heterocycles. The highest BCUT2D eigenvalue weighted by Gasteiger charge is 2.38. The van der Waals surface area contributed by atoms with E-state index in [4.69, 9.17) is 5.73 Å². The normalized spacial score (nSPS) is 35.9.